The van der Waals surface area contributed by atoms with Crippen LogP contribution in [-0.2, 0) is 12.6 Å². The zero-order valence-electron chi connectivity index (χ0n) is 13.0. The lowest BCUT2D eigenvalue weighted by atomic mass is 10.1. The molecule has 0 unspecified atom stereocenters. The monoisotopic (exact) mass is 323 g/mol. The van der Waals surface area contributed by atoms with Gasteiger partial charge in [-0.2, -0.15) is 13.2 Å². The summed E-state index contributed by atoms with van der Waals surface area (Å²) in [6, 6.07) is 10.6. The van der Waals surface area contributed by atoms with Gasteiger partial charge in [0.05, 0.1) is 11.3 Å². The Morgan fingerprint density at radius 3 is 2.26 bits per heavy atom. The molecular weight excluding hydrogens is 303 g/mol. The summed E-state index contributed by atoms with van der Waals surface area (Å²) in [6.07, 6.45) is 0.112. The second-order valence-corrected chi connectivity index (χ2v) is 5.45. The van der Waals surface area contributed by atoms with Gasteiger partial charge in [0, 0.05) is 0 Å². The van der Waals surface area contributed by atoms with Gasteiger partial charge in [0.15, 0.2) is 0 Å². The molecule has 0 aliphatic heterocycles. The fourth-order valence-electron chi connectivity index (χ4n) is 2.25. The van der Waals surface area contributed by atoms with Crippen LogP contribution in [-0.4, -0.2) is 0 Å². The number of aryl methyl sites for hydroxylation is 1. The van der Waals surface area contributed by atoms with Crippen LogP contribution >= 0.6 is 0 Å². The average Bonchev–Trinajstić information content (AvgIpc) is 2.50. The Morgan fingerprint density at radius 2 is 1.70 bits per heavy atom. The summed E-state index contributed by atoms with van der Waals surface area (Å²) < 4.78 is 43.4. The topological polar surface area (TPSA) is 35.2 Å². The fourth-order valence-corrected chi connectivity index (χ4v) is 2.25. The van der Waals surface area contributed by atoms with E-state index in [0.717, 1.165) is 25.0 Å². The Kier molecular flexibility index (Phi) is 5.53. The molecule has 0 saturated carbocycles. The second kappa shape index (κ2) is 7.40. The maximum atomic E-state index is 12.6. The van der Waals surface area contributed by atoms with E-state index in [2.05, 4.69) is 6.92 Å². The van der Waals surface area contributed by atoms with Gasteiger partial charge >= 0.3 is 6.18 Å². The number of nitrogens with two attached hydrogens (primary N) is 1. The molecular formula is C18H20F3NO. The van der Waals surface area contributed by atoms with Gasteiger partial charge in [-0.05, 0) is 48.7 Å². The Balaban J connectivity index is 2.04. The van der Waals surface area contributed by atoms with Gasteiger partial charge in [-0.15, -0.1) is 0 Å². The van der Waals surface area contributed by atoms with Crippen LogP contribution in [0.1, 0.15) is 37.3 Å². The van der Waals surface area contributed by atoms with Crippen molar-refractivity contribution in [2.75, 3.05) is 5.73 Å². The molecule has 124 valence electrons. The summed E-state index contributed by atoms with van der Waals surface area (Å²) in [5, 5.41) is 0. The number of rotatable bonds is 6. The van der Waals surface area contributed by atoms with Crippen LogP contribution in [0.25, 0.3) is 0 Å². The van der Waals surface area contributed by atoms with E-state index in [1.54, 1.807) is 12.1 Å². The van der Waals surface area contributed by atoms with Crippen molar-refractivity contribution in [3.8, 4) is 11.5 Å². The first kappa shape index (κ1) is 17.2. The summed E-state index contributed by atoms with van der Waals surface area (Å²) in [5.74, 6) is 0.771. The maximum Gasteiger partial charge on any atom is 0.416 e. The molecule has 0 fully saturated rings. The zero-order chi connectivity index (χ0) is 16.9. The van der Waals surface area contributed by atoms with E-state index in [1.807, 2.05) is 12.1 Å². The highest BCUT2D eigenvalue weighted by atomic mass is 19.4. The van der Waals surface area contributed by atoms with Crippen LogP contribution in [0, 0.1) is 0 Å². The molecule has 2 aromatic carbocycles. The fraction of sp³-hybridized carbons (Fsp3) is 0.333. The Labute approximate surface area is 134 Å². The van der Waals surface area contributed by atoms with Crippen molar-refractivity contribution >= 4 is 5.69 Å². The van der Waals surface area contributed by atoms with Crippen molar-refractivity contribution in [1.29, 1.82) is 0 Å². The first-order valence-electron chi connectivity index (χ1n) is 7.63. The third-order valence-electron chi connectivity index (χ3n) is 3.56. The molecule has 0 bridgehead atoms. The second-order valence-electron chi connectivity index (χ2n) is 5.45. The van der Waals surface area contributed by atoms with Gasteiger partial charge in [0.25, 0.3) is 0 Å². The lowest BCUT2D eigenvalue weighted by Gasteiger charge is -2.12. The van der Waals surface area contributed by atoms with Gasteiger partial charge in [-0.1, -0.05) is 31.9 Å². The number of hydrogen-bond acceptors (Lipinski definition) is 2. The molecule has 23 heavy (non-hydrogen) atoms. The number of alkyl halides is 3. The molecule has 2 N–H and O–H groups in total. The lowest BCUT2D eigenvalue weighted by molar-refractivity contribution is -0.137. The molecule has 0 saturated heterocycles. The minimum Gasteiger partial charge on any atom is -0.455 e. The van der Waals surface area contributed by atoms with Crippen molar-refractivity contribution in [3.63, 3.8) is 0 Å². The Bertz CT molecular complexity index is 636. The first-order chi connectivity index (χ1) is 10.9. The molecule has 0 aliphatic carbocycles. The number of benzene rings is 2. The number of anilines is 1. The van der Waals surface area contributed by atoms with Crippen molar-refractivity contribution in [3.05, 3.63) is 53.6 Å². The van der Waals surface area contributed by atoms with E-state index in [1.165, 1.54) is 24.5 Å². The largest absolute Gasteiger partial charge is 0.455 e. The van der Waals surface area contributed by atoms with Gasteiger partial charge in [-0.3, -0.25) is 0 Å². The highest BCUT2D eigenvalue weighted by Crippen LogP contribution is 2.35. The highest BCUT2D eigenvalue weighted by molar-refractivity contribution is 5.56. The molecule has 0 amide bonds. The molecule has 0 radical (unpaired) electrons. The smallest absolute Gasteiger partial charge is 0.416 e. The van der Waals surface area contributed by atoms with Crippen LogP contribution in [0.3, 0.4) is 0 Å². The predicted molar refractivity (Wildman–Crippen MR) is 85.6 cm³/mol. The average molecular weight is 323 g/mol. The number of hydrogen-bond donors (Lipinski definition) is 1. The minimum absolute atomic E-state index is 0.0353. The van der Waals surface area contributed by atoms with Crippen LogP contribution < -0.4 is 10.5 Å². The van der Waals surface area contributed by atoms with Crippen LogP contribution in [0.4, 0.5) is 18.9 Å². The molecule has 2 rings (SSSR count). The van der Waals surface area contributed by atoms with E-state index in [-0.39, 0.29) is 11.4 Å². The summed E-state index contributed by atoms with van der Waals surface area (Å²) in [7, 11) is 0. The lowest BCUT2D eigenvalue weighted by Crippen LogP contribution is -2.05. The van der Waals surface area contributed by atoms with Crippen molar-refractivity contribution in [2.24, 2.45) is 0 Å². The van der Waals surface area contributed by atoms with Gasteiger partial charge < -0.3 is 10.5 Å². The summed E-state index contributed by atoms with van der Waals surface area (Å²) in [5.41, 5.74) is 6.05. The van der Waals surface area contributed by atoms with Gasteiger partial charge in [0.1, 0.15) is 11.5 Å². The first-order valence-corrected chi connectivity index (χ1v) is 7.63. The zero-order valence-corrected chi connectivity index (χ0v) is 13.0. The summed E-state index contributed by atoms with van der Waals surface area (Å²) in [4.78, 5) is 0. The van der Waals surface area contributed by atoms with E-state index < -0.39 is 11.7 Å². The number of nitrogen functional groups attached to an aromatic ring is 1. The standard InChI is InChI=1S/C18H20F3NO/c1-2-3-4-5-13-6-9-15(10-7-13)23-17-11-8-14(12-16(17)22)18(19,20)21/h6-12H,2-5,22H2,1H3. The number of unbranched alkanes of at least 4 members (excludes halogenated alkanes) is 2. The SMILES string of the molecule is CCCCCc1ccc(Oc2ccc(C(F)(F)F)cc2N)cc1. The van der Waals surface area contributed by atoms with Gasteiger partial charge in [-0.25, -0.2) is 0 Å². The summed E-state index contributed by atoms with van der Waals surface area (Å²) >= 11 is 0. The van der Waals surface area contributed by atoms with Gasteiger partial charge in [0.2, 0.25) is 0 Å². The molecule has 0 heterocycles. The number of halogens is 3. The Morgan fingerprint density at radius 1 is 1.00 bits per heavy atom. The molecule has 0 atom stereocenters. The van der Waals surface area contributed by atoms with E-state index >= 15 is 0 Å². The normalized spacial score (nSPS) is 11.5. The highest BCUT2D eigenvalue weighted by Gasteiger charge is 2.30. The van der Waals surface area contributed by atoms with E-state index in [4.69, 9.17) is 10.5 Å². The molecule has 0 spiro atoms. The van der Waals surface area contributed by atoms with Crippen LogP contribution in [0.2, 0.25) is 0 Å². The molecule has 5 heteroatoms. The quantitative estimate of drug-likeness (QED) is 0.537. The maximum absolute atomic E-state index is 12.6. The predicted octanol–water partition coefficient (Wildman–Crippen LogP) is 5.81. The van der Waals surface area contributed by atoms with Crippen molar-refractivity contribution < 1.29 is 17.9 Å². The molecule has 0 aromatic heterocycles. The van der Waals surface area contributed by atoms with E-state index in [0.29, 0.717) is 5.75 Å². The van der Waals surface area contributed by atoms with Crippen LogP contribution in [0.15, 0.2) is 42.5 Å². The third-order valence-corrected chi connectivity index (χ3v) is 3.56. The van der Waals surface area contributed by atoms with Crippen LogP contribution in [0.5, 0.6) is 11.5 Å². The third kappa shape index (κ3) is 4.91. The van der Waals surface area contributed by atoms with Crippen molar-refractivity contribution in [2.45, 2.75) is 38.8 Å². The van der Waals surface area contributed by atoms with E-state index in [9.17, 15) is 13.2 Å². The minimum atomic E-state index is -4.41. The Hall–Kier alpha value is -2.17. The number of ether oxygens (including phenoxy) is 1. The summed E-state index contributed by atoms with van der Waals surface area (Å²) in [6.45, 7) is 2.16. The molecule has 2 nitrogen and oxygen atoms in total. The van der Waals surface area contributed by atoms with Crippen molar-refractivity contribution in [1.82, 2.24) is 0 Å². The molecule has 0 aliphatic rings. The molecule has 2 aromatic rings.